The third-order valence-corrected chi connectivity index (χ3v) is 6.28. The second-order valence-corrected chi connectivity index (χ2v) is 8.64. The van der Waals surface area contributed by atoms with Gasteiger partial charge in [0.25, 0.3) is 0 Å². The number of sulfone groups is 1. The maximum absolute atomic E-state index is 15.3. The predicted molar refractivity (Wildman–Crippen MR) is 95.5 cm³/mol. The Bertz CT molecular complexity index is 970. The number of rotatable bonds is 3. The van der Waals surface area contributed by atoms with Gasteiger partial charge in [0.1, 0.15) is 10.6 Å². The van der Waals surface area contributed by atoms with Gasteiger partial charge in [0.2, 0.25) is 5.67 Å². The summed E-state index contributed by atoms with van der Waals surface area (Å²) < 4.78 is 53.3. The van der Waals surface area contributed by atoms with Gasteiger partial charge in [-0.05, 0) is 35.4 Å². The van der Waals surface area contributed by atoms with Gasteiger partial charge in [-0.25, -0.2) is 17.2 Å². The van der Waals surface area contributed by atoms with Crippen LogP contribution in [0.25, 0.3) is 0 Å². The molecule has 2 aromatic carbocycles. The lowest BCUT2D eigenvalue weighted by Crippen LogP contribution is -2.36. The van der Waals surface area contributed by atoms with Gasteiger partial charge < -0.3 is 0 Å². The zero-order valence-corrected chi connectivity index (χ0v) is 14.9. The summed E-state index contributed by atoms with van der Waals surface area (Å²) in [6.07, 6.45) is 3.94. The Balaban J connectivity index is 2.21. The maximum atomic E-state index is 15.3. The first-order valence-electron chi connectivity index (χ1n) is 7.48. The molecule has 0 N–H and O–H groups in total. The third kappa shape index (κ3) is 2.92. The average molecular weight is 381 g/mol. The number of benzene rings is 2. The maximum Gasteiger partial charge on any atom is 0.205 e. The minimum atomic E-state index is -3.85. The van der Waals surface area contributed by atoms with Crippen LogP contribution in [0.15, 0.2) is 78.7 Å². The molecule has 0 aromatic heterocycles. The van der Waals surface area contributed by atoms with Crippen molar-refractivity contribution in [2.75, 3.05) is 6.26 Å². The van der Waals surface area contributed by atoms with E-state index < -0.39 is 26.1 Å². The van der Waals surface area contributed by atoms with Crippen LogP contribution >= 0.6 is 11.6 Å². The second kappa shape index (κ2) is 6.07. The fourth-order valence-corrected chi connectivity index (χ4v) is 4.31. The molecule has 0 aliphatic heterocycles. The van der Waals surface area contributed by atoms with Gasteiger partial charge in [0.15, 0.2) is 9.84 Å². The van der Waals surface area contributed by atoms with E-state index in [0.29, 0.717) is 5.02 Å². The number of halogens is 3. The Hall–Kier alpha value is -1.98. The van der Waals surface area contributed by atoms with E-state index in [-0.39, 0.29) is 11.1 Å². The Labute approximate surface area is 150 Å². The quantitative estimate of drug-likeness (QED) is 0.712. The summed E-state index contributed by atoms with van der Waals surface area (Å²) in [6, 6.07) is 13.9. The molecular formula is C19H15ClF2O2S. The van der Waals surface area contributed by atoms with Crippen LogP contribution in [0.1, 0.15) is 11.1 Å². The van der Waals surface area contributed by atoms with Crippen molar-refractivity contribution in [1.82, 2.24) is 0 Å². The van der Waals surface area contributed by atoms with Crippen LogP contribution in [-0.2, 0) is 20.3 Å². The molecule has 25 heavy (non-hydrogen) atoms. The van der Waals surface area contributed by atoms with E-state index >= 15 is 4.39 Å². The molecule has 1 aliphatic rings. The van der Waals surface area contributed by atoms with Gasteiger partial charge in [0, 0.05) is 11.3 Å². The van der Waals surface area contributed by atoms with Crippen LogP contribution in [0, 0.1) is 0 Å². The lowest BCUT2D eigenvalue weighted by atomic mass is 9.84. The van der Waals surface area contributed by atoms with Gasteiger partial charge in [-0.3, -0.25) is 0 Å². The highest BCUT2D eigenvalue weighted by molar-refractivity contribution is 7.92. The van der Waals surface area contributed by atoms with E-state index in [0.717, 1.165) is 18.4 Å². The highest BCUT2D eigenvalue weighted by atomic mass is 35.5. The topological polar surface area (TPSA) is 34.1 Å². The number of hydrogen-bond donors (Lipinski definition) is 0. The minimum absolute atomic E-state index is 0.0909. The van der Waals surface area contributed by atoms with Crippen LogP contribution < -0.4 is 0 Å². The highest BCUT2D eigenvalue weighted by Gasteiger charge is 2.47. The standard InChI is InChI=1S/C19H15ClF2O2S/c1-25(23,24)18(15-8-5-9-16(20)12-15)10-11-19(22,17(21)13-18)14-6-3-2-4-7-14/h2-13H,1H3. The molecule has 0 bridgehead atoms. The minimum Gasteiger partial charge on any atom is -0.228 e. The van der Waals surface area contributed by atoms with E-state index in [4.69, 9.17) is 11.6 Å². The van der Waals surface area contributed by atoms with Crippen molar-refractivity contribution in [3.63, 3.8) is 0 Å². The first kappa shape index (κ1) is 17.8. The van der Waals surface area contributed by atoms with Crippen molar-refractivity contribution >= 4 is 21.4 Å². The zero-order valence-electron chi connectivity index (χ0n) is 13.3. The molecule has 0 saturated carbocycles. The van der Waals surface area contributed by atoms with Gasteiger partial charge in [-0.15, -0.1) is 0 Å². The van der Waals surface area contributed by atoms with Crippen molar-refractivity contribution in [2.24, 2.45) is 0 Å². The number of allylic oxidation sites excluding steroid dienone is 2. The fraction of sp³-hybridized carbons (Fsp3) is 0.158. The molecule has 0 amide bonds. The van der Waals surface area contributed by atoms with Gasteiger partial charge >= 0.3 is 0 Å². The molecule has 0 spiro atoms. The lowest BCUT2D eigenvalue weighted by Gasteiger charge is -2.33. The van der Waals surface area contributed by atoms with Crippen LogP contribution in [-0.4, -0.2) is 14.7 Å². The molecule has 0 radical (unpaired) electrons. The van der Waals surface area contributed by atoms with Crippen LogP contribution in [0.3, 0.4) is 0 Å². The molecule has 2 atom stereocenters. The van der Waals surface area contributed by atoms with Crippen molar-refractivity contribution in [3.05, 3.63) is 94.8 Å². The van der Waals surface area contributed by atoms with Crippen molar-refractivity contribution < 1.29 is 17.2 Å². The summed E-state index contributed by atoms with van der Waals surface area (Å²) in [7, 11) is -3.85. The van der Waals surface area contributed by atoms with Gasteiger partial charge in [-0.1, -0.05) is 60.1 Å². The molecule has 0 heterocycles. The van der Waals surface area contributed by atoms with Crippen molar-refractivity contribution in [1.29, 1.82) is 0 Å². The van der Waals surface area contributed by atoms with Crippen molar-refractivity contribution in [3.8, 4) is 0 Å². The molecule has 0 fully saturated rings. The average Bonchev–Trinajstić information content (AvgIpc) is 2.57. The molecule has 2 nitrogen and oxygen atoms in total. The molecular weight excluding hydrogens is 366 g/mol. The lowest BCUT2D eigenvalue weighted by molar-refractivity contribution is 0.232. The predicted octanol–water partition coefficient (Wildman–Crippen LogP) is 4.87. The second-order valence-electron chi connectivity index (χ2n) is 5.98. The molecule has 6 heteroatoms. The third-order valence-electron chi connectivity index (χ3n) is 4.33. The van der Waals surface area contributed by atoms with E-state index in [1.54, 1.807) is 30.3 Å². The highest BCUT2D eigenvalue weighted by Crippen LogP contribution is 2.47. The van der Waals surface area contributed by atoms with E-state index in [1.807, 2.05) is 0 Å². The number of hydrogen-bond acceptors (Lipinski definition) is 2. The van der Waals surface area contributed by atoms with Crippen LogP contribution in [0.5, 0.6) is 0 Å². The van der Waals surface area contributed by atoms with Crippen molar-refractivity contribution in [2.45, 2.75) is 10.4 Å². The summed E-state index contributed by atoms with van der Waals surface area (Å²) >= 11 is 5.96. The Morgan fingerprint density at radius 2 is 1.60 bits per heavy atom. The van der Waals surface area contributed by atoms with Gasteiger partial charge in [0.05, 0.1) is 0 Å². The van der Waals surface area contributed by atoms with E-state index in [1.165, 1.54) is 30.3 Å². The Kier molecular flexibility index (Phi) is 4.33. The SMILES string of the molecule is CS(=O)(=O)C1(c2cccc(Cl)c2)C=CC(F)(c2ccccc2)C(F)=C1. The first-order chi connectivity index (χ1) is 11.7. The Morgan fingerprint density at radius 3 is 2.16 bits per heavy atom. The fourth-order valence-electron chi connectivity index (χ4n) is 2.93. The molecule has 0 saturated heterocycles. The molecule has 2 aromatic rings. The molecule has 2 unspecified atom stereocenters. The van der Waals surface area contributed by atoms with Gasteiger partial charge in [-0.2, -0.15) is 0 Å². The molecule has 130 valence electrons. The summed E-state index contributed by atoms with van der Waals surface area (Å²) in [5.41, 5.74) is -2.16. The summed E-state index contributed by atoms with van der Waals surface area (Å²) in [4.78, 5) is 0. The summed E-state index contributed by atoms with van der Waals surface area (Å²) in [6.45, 7) is 0. The van der Waals surface area contributed by atoms with Crippen LogP contribution in [0.2, 0.25) is 5.02 Å². The largest absolute Gasteiger partial charge is 0.228 e. The first-order valence-corrected chi connectivity index (χ1v) is 9.75. The smallest absolute Gasteiger partial charge is 0.205 e. The summed E-state index contributed by atoms with van der Waals surface area (Å²) in [5, 5.41) is 0.308. The normalized spacial score (nSPS) is 26.3. The monoisotopic (exact) mass is 380 g/mol. The molecule has 1 aliphatic carbocycles. The zero-order chi connectivity index (χ0) is 18.3. The molecule has 3 rings (SSSR count). The van der Waals surface area contributed by atoms with E-state index in [2.05, 4.69) is 0 Å². The summed E-state index contributed by atoms with van der Waals surface area (Å²) in [5.74, 6) is -1.17. The number of alkyl halides is 1. The Morgan fingerprint density at radius 1 is 0.960 bits per heavy atom. The van der Waals surface area contributed by atoms with Crippen LogP contribution in [0.4, 0.5) is 8.78 Å². The van der Waals surface area contributed by atoms with E-state index in [9.17, 15) is 12.8 Å².